The fourth-order valence-corrected chi connectivity index (χ4v) is 6.86. The first-order valence-electron chi connectivity index (χ1n) is 17.2. The first-order valence-corrected chi connectivity index (χ1v) is 17.2. The Balaban J connectivity index is 0.00000420. The molecule has 0 aliphatic carbocycles. The second-order valence-electron chi connectivity index (χ2n) is 13.3. The van der Waals surface area contributed by atoms with Gasteiger partial charge in [0.05, 0.1) is 12.4 Å². The summed E-state index contributed by atoms with van der Waals surface area (Å²) in [5, 5.41) is 2.15. The molecule has 5 aromatic carbocycles. The van der Waals surface area contributed by atoms with Crippen LogP contribution in [0.1, 0.15) is 50.7 Å². The maximum Gasteiger partial charge on any atom is 2.00 e. The summed E-state index contributed by atoms with van der Waals surface area (Å²) in [6.45, 7) is 16.9. The normalized spacial score (nSPS) is 11.2. The van der Waals surface area contributed by atoms with Crippen LogP contribution in [0.3, 0.4) is 0 Å². The molecule has 256 valence electrons. The van der Waals surface area contributed by atoms with Crippen molar-refractivity contribution in [3.8, 4) is 45.5 Å². The molecule has 0 aliphatic rings. The molecule has 8 rings (SSSR count). The van der Waals surface area contributed by atoms with E-state index in [0.29, 0.717) is 28.6 Å². The number of fused-ring (bicyclic) bond motifs is 3. The zero-order valence-electron chi connectivity index (χ0n) is 29.2. The van der Waals surface area contributed by atoms with Gasteiger partial charge in [-0.15, -0.1) is 29.1 Å². The van der Waals surface area contributed by atoms with Gasteiger partial charge in [-0.1, -0.05) is 99.9 Å². The second kappa shape index (κ2) is 14.5. The van der Waals surface area contributed by atoms with Gasteiger partial charge in [0.25, 0.3) is 0 Å². The number of aromatic nitrogens is 4. The van der Waals surface area contributed by atoms with Crippen molar-refractivity contribution in [2.45, 2.75) is 39.5 Å². The van der Waals surface area contributed by atoms with Crippen molar-refractivity contribution in [2.75, 3.05) is 0 Å². The average molecular weight is 857 g/mol. The molecule has 0 saturated heterocycles. The van der Waals surface area contributed by atoms with Gasteiger partial charge in [-0.25, -0.2) is 4.98 Å². The molecule has 0 amide bonds. The summed E-state index contributed by atoms with van der Waals surface area (Å²) >= 11 is 0. The predicted octanol–water partition coefficient (Wildman–Crippen LogP) is 11.9. The van der Waals surface area contributed by atoms with E-state index in [4.69, 9.17) is 16.3 Å². The van der Waals surface area contributed by atoms with Crippen LogP contribution in [0.5, 0.6) is 11.5 Å². The molecule has 3 heterocycles. The van der Waals surface area contributed by atoms with E-state index in [-0.39, 0.29) is 32.9 Å². The summed E-state index contributed by atoms with van der Waals surface area (Å²) < 4.78 is 10.7. The Morgan fingerprint density at radius 2 is 1.42 bits per heavy atom. The van der Waals surface area contributed by atoms with Gasteiger partial charge >= 0.3 is 21.1 Å². The minimum absolute atomic E-state index is 0. The molecule has 0 atom stereocenters. The zero-order valence-corrected chi connectivity index (χ0v) is 31.5. The van der Waals surface area contributed by atoms with Gasteiger partial charge in [-0.05, 0) is 69.8 Å². The SMILES string of the molecule is [C-]#[N+]c1cc(Oc2[c-]c3c(cc2)c2ccccc2n3-c2ccccn2)[c-]c(-c2nccn2-c2c(C(C)C)cc(-c3ccccc3)cc2C(C)C)c1.[Pt+2]. The number of para-hydroxylation sites is 1. The molecule has 0 N–H and O–H groups in total. The van der Waals surface area contributed by atoms with Crippen LogP contribution < -0.4 is 4.74 Å². The molecule has 0 fully saturated rings. The van der Waals surface area contributed by atoms with Gasteiger partial charge in [-0.3, -0.25) is 9.83 Å². The Morgan fingerprint density at radius 3 is 2.13 bits per heavy atom. The smallest absolute Gasteiger partial charge is 0.504 e. The van der Waals surface area contributed by atoms with Crippen LogP contribution >= 0.6 is 0 Å². The minimum atomic E-state index is 0. The van der Waals surface area contributed by atoms with Gasteiger partial charge in [0.2, 0.25) is 0 Å². The van der Waals surface area contributed by atoms with Crippen molar-refractivity contribution < 1.29 is 25.8 Å². The molecule has 52 heavy (non-hydrogen) atoms. The molecular formula is C45H35N5OPt. The van der Waals surface area contributed by atoms with Crippen LogP contribution in [0.4, 0.5) is 5.69 Å². The topological polar surface area (TPSA) is 49.2 Å². The molecule has 0 saturated carbocycles. The molecule has 0 bridgehead atoms. The number of imidazole rings is 1. The summed E-state index contributed by atoms with van der Waals surface area (Å²) in [5.74, 6) is 2.91. The molecule has 6 nitrogen and oxygen atoms in total. The summed E-state index contributed by atoms with van der Waals surface area (Å²) in [6.07, 6.45) is 5.60. The van der Waals surface area contributed by atoms with Gasteiger partial charge < -0.3 is 13.9 Å². The number of pyridine rings is 1. The van der Waals surface area contributed by atoms with Crippen LogP contribution in [0, 0.1) is 18.7 Å². The third kappa shape index (κ3) is 6.34. The minimum Gasteiger partial charge on any atom is -0.504 e. The molecule has 3 aromatic heterocycles. The number of rotatable bonds is 8. The zero-order chi connectivity index (χ0) is 35.1. The van der Waals surface area contributed by atoms with E-state index in [1.807, 2.05) is 60.9 Å². The molecule has 0 unspecified atom stereocenters. The molecule has 0 radical (unpaired) electrons. The van der Waals surface area contributed by atoms with Crippen molar-refractivity contribution in [1.29, 1.82) is 0 Å². The molecule has 0 spiro atoms. The van der Waals surface area contributed by atoms with Crippen LogP contribution in [-0.4, -0.2) is 19.1 Å². The third-order valence-corrected chi connectivity index (χ3v) is 9.26. The number of ether oxygens (including phenoxy) is 1. The van der Waals surface area contributed by atoms with Crippen LogP contribution in [-0.2, 0) is 21.1 Å². The second-order valence-corrected chi connectivity index (χ2v) is 13.3. The fourth-order valence-electron chi connectivity index (χ4n) is 6.86. The van der Waals surface area contributed by atoms with E-state index in [2.05, 4.69) is 113 Å². The summed E-state index contributed by atoms with van der Waals surface area (Å²) in [7, 11) is 0. The van der Waals surface area contributed by atoms with E-state index < -0.39 is 0 Å². The maximum atomic E-state index is 7.95. The van der Waals surface area contributed by atoms with Crippen LogP contribution in [0.2, 0.25) is 0 Å². The maximum absolute atomic E-state index is 7.95. The molecule has 0 aliphatic heterocycles. The number of nitrogens with zero attached hydrogens (tertiary/aromatic N) is 5. The first kappa shape index (κ1) is 34.7. The van der Waals surface area contributed by atoms with Crippen LogP contribution in [0.15, 0.2) is 128 Å². The van der Waals surface area contributed by atoms with E-state index in [1.54, 1.807) is 12.3 Å². The first-order chi connectivity index (χ1) is 24.9. The number of benzene rings is 5. The van der Waals surface area contributed by atoms with E-state index >= 15 is 0 Å². The Morgan fingerprint density at radius 1 is 0.692 bits per heavy atom. The Kier molecular flexibility index (Phi) is 9.64. The Bertz CT molecular complexity index is 2550. The third-order valence-electron chi connectivity index (χ3n) is 9.26. The standard InChI is InChI=1S/C45H35N5O.Pt/c1-29(2)39-25-32(31-13-7-6-8-14-31)26-40(30(3)4)44(39)49-22-21-48-45(49)33-23-34(46-5)27-36(24-33)51-35-18-19-38-37-15-9-10-16-41(37)50(42(38)28-35)43-17-11-12-20-47-43;/h6-23,25-27,29-30H,1-4H3;/q-2;+2. The summed E-state index contributed by atoms with van der Waals surface area (Å²) in [5.41, 5.74) is 8.94. The average Bonchev–Trinajstić information content (AvgIpc) is 3.78. The van der Waals surface area contributed by atoms with E-state index in [9.17, 15) is 0 Å². The monoisotopic (exact) mass is 856 g/mol. The van der Waals surface area contributed by atoms with E-state index in [0.717, 1.165) is 33.3 Å². The Hall–Kier alpha value is -5.76. The molecule has 8 aromatic rings. The number of hydrogen-bond donors (Lipinski definition) is 0. The van der Waals surface area contributed by atoms with Crippen molar-refractivity contribution in [2.24, 2.45) is 0 Å². The molecular weight excluding hydrogens is 822 g/mol. The van der Waals surface area contributed by atoms with Gasteiger partial charge in [0.1, 0.15) is 11.5 Å². The quantitative estimate of drug-likeness (QED) is 0.143. The van der Waals surface area contributed by atoms with Gasteiger partial charge in [-0.2, -0.15) is 6.07 Å². The van der Waals surface area contributed by atoms with Crippen molar-refractivity contribution in [1.82, 2.24) is 19.1 Å². The van der Waals surface area contributed by atoms with Gasteiger partial charge in [0.15, 0.2) is 0 Å². The summed E-state index contributed by atoms with van der Waals surface area (Å²) in [6, 6.07) is 43.7. The largest absolute Gasteiger partial charge is 2.00 e. The van der Waals surface area contributed by atoms with Gasteiger partial charge in [0, 0.05) is 41.3 Å². The van der Waals surface area contributed by atoms with Crippen molar-refractivity contribution in [3.05, 3.63) is 162 Å². The Labute approximate surface area is 318 Å². The summed E-state index contributed by atoms with van der Waals surface area (Å²) in [4.78, 5) is 13.3. The molecule has 7 heteroatoms. The predicted molar refractivity (Wildman–Crippen MR) is 205 cm³/mol. The van der Waals surface area contributed by atoms with Crippen LogP contribution in [0.25, 0.3) is 60.7 Å². The van der Waals surface area contributed by atoms with Crippen molar-refractivity contribution >= 4 is 27.5 Å². The fraction of sp³-hybridized carbons (Fsp3) is 0.133. The number of hydrogen-bond acceptors (Lipinski definition) is 3. The van der Waals surface area contributed by atoms with Crippen molar-refractivity contribution in [3.63, 3.8) is 0 Å². The van der Waals surface area contributed by atoms with E-state index in [1.165, 1.54) is 22.3 Å².